The molecule has 1 aliphatic rings. The van der Waals surface area contributed by atoms with E-state index in [9.17, 15) is 13.2 Å². The molecule has 0 aromatic carbocycles. The first-order valence-electron chi connectivity index (χ1n) is 7.81. The monoisotopic (exact) mass is 335 g/mol. The van der Waals surface area contributed by atoms with Gasteiger partial charge in [-0.25, -0.2) is 8.42 Å². The lowest BCUT2D eigenvalue weighted by atomic mass is 10.1. The van der Waals surface area contributed by atoms with Gasteiger partial charge in [-0.3, -0.25) is 9.69 Å². The molecule has 0 aromatic rings. The molecule has 0 radical (unpaired) electrons. The maximum Gasteiger partial charge on any atom is 0.235 e. The van der Waals surface area contributed by atoms with Gasteiger partial charge in [-0.15, -0.1) is 0 Å². The van der Waals surface area contributed by atoms with Gasteiger partial charge >= 0.3 is 0 Å². The van der Waals surface area contributed by atoms with Gasteiger partial charge in [-0.1, -0.05) is 13.8 Å². The van der Waals surface area contributed by atoms with Crippen molar-refractivity contribution in [1.82, 2.24) is 14.5 Å². The first-order chi connectivity index (χ1) is 10.3. The Kier molecular flexibility index (Phi) is 8.30. The smallest absolute Gasteiger partial charge is 0.235 e. The zero-order valence-electron chi connectivity index (χ0n) is 13.9. The Morgan fingerprint density at radius 1 is 1.32 bits per heavy atom. The van der Waals surface area contributed by atoms with E-state index in [2.05, 4.69) is 10.2 Å². The second-order valence-electron chi connectivity index (χ2n) is 6.08. The molecule has 0 aromatic heterocycles. The Labute approximate surface area is 134 Å². The van der Waals surface area contributed by atoms with E-state index in [0.29, 0.717) is 19.0 Å². The summed E-state index contributed by atoms with van der Waals surface area (Å²) >= 11 is 0. The normalized spacial score (nSPS) is 17.1. The molecule has 1 rings (SSSR count). The van der Waals surface area contributed by atoms with Crippen molar-refractivity contribution in [2.24, 2.45) is 5.92 Å². The molecule has 1 aliphatic heterocycles. The van der Waals surface area contributed by atoms with Crippen molar-refractivity contribution in [3.8, 4) is 0 Å². The predicted molar refractivity (Wildman–Crippen MR) is 86.1 cm³/mol. The lowest BCUT2D eigenvalue weighted by molar-refractivity contribution is -0.121. The lowest BCUT2D eigenvalue weighted by Crippen LogP contribution is -2.44. The highest BCUT2D eigenvalue weighted by molar-refractivity contribution is 7.88. The number of rotatable bonds is 9. The molecule has 130 valence electrons. The summed E-state index contributed by atoms with van der Waals surface area (Å²) in [5.74, 6) is 0.149. The third kappa shape index (κ3) is 8.07. The van der Waals surface area contributed by atoms with Crippen molar-refractivity contribution in [2.75, 3.05) is 58.7 Å². The van der Waals surface area contributed by atoms with Crippen LogP contribution < -0.4 is 5.32 Å². The van der Waals surface area contributed by atoms with Gasteiger partial charge in [-0.2, -0.15) is 4.31 Å². The molecule has 0 atom stereocenters. The molecule has 0 spiro atoms. The van der Waals surface area contributed by atoms with Crippen LogP contribution in [0.3, 0.4) is 0 Å². The van der Waals surface area contributed by atoms with Crippen LogP contribution in [-0.2, 0) is 19.6 Å². The van der Waals surface area contributed by atoms with E-state index in [-0.39, 0.29) is 12.5 Å². The minimum Gasteiger partial charge on any atom is -0.379 e. The van der Waals surface area contributed by atoms with Crippen LogP contribution in [-0.4, -0.2) is 82.3 Å². The topological polar surface area (TPSA) is 79.0 Å². The van der Waals surface area contributed by atoms with E-state index < -0.39 is 10.0 Å². The molecule has 1 saturated heterocycles. The predicted octanol–water partition coefficient (Wildman–Crippen LogP) is -0.257. The van der Waals surface area contributed by atoms with Crippen molar-refractivity contribution in [3.05, 3.63) is 0 Å². The number of morpholine rings is 1. The summed E-state index contributed by atoms with van der Waals surface area (Å²) in [5, 5.41) is 2.79. The highest BCUT2D eigenvalue weighted by atomic mass is 32.2. The second kappa shape index (κ2) is 9.44. The first kappa shape index (κ1) is 19.3. The van der Waals surface area contributed by atoms with E-state index in [1.165, 1.54) is 4.31 Å². The highest BCUT2D eigenvalue weighted by Gasteiger charge is 2.20. The maximum absolute atomic E-state index is 11.9. The number of ether oxygens (including phenoxy) is 1. The van der Waals surface area contributed by atoms with Gasteiger partial charge in [0.15, 0.2) is 0 Å². The van der Waals surface area contributed by atoms with E-state index >= 15 is 0 Å². The van der Waals surface area contributed by atoms with Crippen molar-refractivity contribution < 1.29 is 17.9 Å². The van der Waals surface area contributed by atoms with Gasteiger partial charge < -0.3 is 10.1 Å². The molecule has 1 amide bonds. The average Bonchev–Trinajstić information content (AvgIpc) is 2.43. The molecule has 1 N–H and O–H groups in total. The summed E-state index contributed by atoms with van der Waals surface area (Å²) < 4.78 is 30.0. The largest absolute Gasteiger partial charge is 0.379 e. The minimum atomic E-state index is -3.36. The van der Waals surface area contributed by atoms with E-state index in [4.69, 9.17) is 4.74 Å². The quantitative estimate of drug-likeness (QED) is 0.628. The molecular weight excluding hydrogens is 306 g/mol. The highest BCUT2D eigenvalue weighted by Crippen LogP contribution is 2.05. The van der Waals surface area contributed by atoms with Gasteiger partial charge in [0.05, 0.1) is 26.0 Å². The van der Waals surface area contributed by atoms with E-state index in [1.807, 2.05) is 13.8 Å². The summed E-state index contributed by atoms with van der Waals surface area (Å²) in [6.45, 7) is 8.84. The standard InChI is InChI=1S/C14H29N3O4S/c1-13(2)4-6-17(22(3,19)20)12-14(18)15-5-7-16-8-10-21-11-9-16/h13H,4-12H2,1-3H3,(H,15,18). The number of nitrogens with one attached hydrogen (secondary N) is 1. The van der Waals surface area contributed by atoms with Crippen LogP contribution in [0.15, 0.2) is 0 Å². The fourth-order valence-electron chi connectivity index (χ4n) is 2.16. The number of carbonyl (C=O) groups excluding carboxylic acids is 1. The molecule has 8 heteroatoms. The Bertz CT molecular complexity index is 433. The number of nitrogens with zero attached hydrogens (tertiary/aromatic N) is 2. The number of carbonyl (C=O) groups is 1. The molecule has 1 fully saturated rings. The second-order valence-corrected chi connectivity index (χ2v) is 8.07. The SMILES string of the molecule is CC(C)CCN(CC(=O)NCCN1CCOCC1)S(C)(=O)=O. The molecule has 1 heterocycles. The van der Waals surface area contributed by atoms with Crippen LogP contribution in [0.5, 0.6) is 0 Å². The van der Waals surface area contributed by atoms with Gasteiger partial charge in [-0.05, 0) is 12.3 Å². The van der Waals surface area contributed by atoms with E-state index in [1.54, 1.807) is 0 Å². The van der Waals surface area contributed by atoms with Crippen molar-refractivity contribution >= 4 is 15.9 Å². The Morgan fingerprint density at radius 2 is 1.95 bits per heavy atom. The molecule has 0 aliphatic carbocycles. The summed E-state index contributed by atoms with van der Waals surface area (Å²) in [4.78, 5) is 14.1. The Hall–Kier alpha value is -0.700. The molecule has 7 nitrogen and oxygen atoms in total. The first-order valence-corrected chi connectivity index (χ1v) is 9.66. The van der Waals surface area contributed by atoms with Gasteiger partial charge in [0.2, 0.25) is 15.9 Å². The Balaban J connectivity index is 2.32. The number of sulfonamides is 1. The Morgan fingerprint density at radius 3 is 2.50 bits per heavy atom. The summed E-state index contributed by atoms with van der Waals surface area (Å²) in [6.07, 6.45) is 1.89. The molecular formula is C14H29N3O4S. The fourth-order valence-corrected chi connectivity index (χ4v) is 2.95. The van der Waals surface area contributed by atoms with Gasteiger partial charge in [0.1, 0.15) is 0 Å². The summed E-state index contributed by atoms with van der Waals surface area (Å²) in [5.41, 5.74) is 0. The maximum atomic E-state index is 11.9. The number of amides is 1. The molecule has 0 unspecified atom stereocenters. The summed E-state index contributed by atoms with van der Waals surface area (Å²) in [6, 6.07) is 0. The van der Waals surface area contributed by atoms with Crippen LogP contribution in [0, 0.1) is 5.92 Å². The van der Waals surface area contributed by atoms with Gasteiger partial charge in [0.25, 0.3) is 0 Å². The average molecular weight is 335 g/mol. The third-order valence-corrected chi connectivity index (χ3v) is 4.85. The van der Waals surface area contributed by atoms with Crippen molar-refractivity contribution in [1.29, 1.82) is 0 Å². The van der Waals surface area contributed by atoms with Crippen molar-refractivity contribution in [3.63, 3.8) is 0 Å². The molecule has 0 bridgehead atoms. The minimum absolute atomic E-state index is 0.103. The van der Waals surface area contributed by atoms with Gasteiger partial charge in [0, 0.05) is 32.7 Å². The zero-order chi connectivity index (χ0) is 16.6. The lowest BCUT2D eigenvalue weighted by Gasteiger charge is -2.26. The van der Waals surface area contributed by atoms with Crippen molar-refractivity contribution in [2.45, 2.75) is 20.3 Å². The van der Waals surface area contributed by atoms with Crippen LogP contribution in [0.4, 0.5) is 0 Å². The molecule has 22 heavy (non-hydrogen) atoms. The molecule has 0 saturated carbocycles. The summed E-state index contributed by atoms with van der Waals surface area (Å²) in [7, 11) is -3.36. The zero-order valence-corrected chi connectivity index (χ0v) is 14.7. The van der Waals surface area contributed by atoms with Crippen LogP contribution in [0.25, 0.3) is 0 Å². The van der Waals surface area contributed by atoms with E-state index in [0.717, 1.165) is 45.5 Å². The number of hydrogen-bond donors (Lipinski definition) is 1. The number of hydrogen-bond acceptors (Lipinski definition) is 5. The fraction of sp³-hybridized carbons (Fsp3) is 0.929. The van der Waals surface area contributed by atoms with Crippen LogP contribution in [0.2, 0.25) is 0 Å². The van der Waals surface area contributed by atoms with Crippen LogP contribution >= 0.6 is 0 Å². The van der Waals surface area contributed by atoms with Crippen LogP contribution in [0.1, 0.15) is 20.3 Å². The third-order valence-electron chi connectivity index (χ3n) is 3.60.